The minimum atomic E-state index is -1.03. The van der Waals surface area contributed by atoms with E-state index in [2.05, 4.69) is 43.7 Å². The Hall–Kier alpha value is -3.52. The molecule has 44 heavy (non-hydrogen) atoms. The van der Waals surface area contributed by atoms with E-state index in [-0.39, 0.29) is 31.6 Å². The van der Waals surface area contributed by atoms with Gasteiger partial charge in [-0.05, 0) is 50.6 Å². The van der Waals surface area contributed by atoms with E-state index < -0.39 is 17.8 Å². The van der Waals surface area contributed by atoms with Crippen LogP contribution in [0.3, 0.4) is 0 Å². The van der Waals surface area contributed by atoms with Crippen molar-refractivity contribution in [1.82, 2.24) is 19.8 Å². The van der Waals surface area contributed by atoms with Gasteiger partial charge in [0.05, 0.1) is 36.9 Å². The first-order valence-electron chi connectivity index (χ1n) is 15.2. The van der Waals surface area contributed by atoms with Crippen LogP contribution in [0.25, 0.3) is 6.08 Å². The number of piperazine rings is 1. The summed E-state index contributed by atoms with van der Waals surface area (Å²) in [5.74, 6) is -1.16. The smallest absolute Gasteiger partial charge is 0.318 e. The van der Waals surface area contributed by atoms with E-state index in [0.717, 1.165) is 41.8 Å². The van der Waals surface area contributed by atoms with E-state index in [9.17, 15) is 14.4 Å². The number of carbonyl (C=O) groups excluding carboxylic acids is 1. The maximum atomic E-state index is 13.8. The van der Waals surface area contributed by atoms with Gasteiger partial charge >= 0.3 is 6.01 Å². The molecule has 0 saturated carbocycles. The van der Waals surface area contributed by atoms with E-state index >= 15 is 0 Å². The Balaban J connectivity index is 1.46. The summed E-state index contributed by atoms with van der Waals surface area (Å²) in [6.07, 6.45) is 6.65. The van der Waals surface area contributed by atoms with Crippen molar-refractivity contribution in [2.75, 3.05) is 44.7 Å². The summed E-state index contributed by atoms with van der Waals surface area (Å²) in [4.78, 5) is 28.0. The third kappa shape index (κ3) is 6.75. The molecule has 2 saturated heterocycles. The fraction of sp³-hybridized carbons (Fsp3) is 0.515. The van der Waals surface area contributed by atoms with Gasteiger partial charge in [-0.25, -0.2) is 4.39 Å². The highest BCUT2D eigenvalue weighted by atomic mass is 35.5. The SMILES string of the molecule is C=C(F)C(=O)N1CCN(c2nc(OC[C@H]3CCCN3C)nc3c2CO[C@H](C(C)c2c(Cl)cccc2/C=C\C)C3)C[C@@H]1CC#N. The van der Waals surface area contributed by atoms with Crippen molar-refractivity contribution < 1.29 is 18.7 Å². The molecule has 1 amide bonds. The fourth-order valence-electron chi connectivity index (χ4n) is 6.56. The summed E-state index contributed by atoms with van der Waals surface area (Å²) in [5, 5.41) is 10.2. The lowest BCUT2D eigenvalue weighted by molar-refractivity contribution is -0.131. The van der Waals surface area contributed by atoms with Crippen molar-refractivity contribution in [2.45, 2.75) is 70.2 Å². The molecule has 1 unspecified atom stereocenters. The van der Waals surface area contributed by atoms with E-state index in [1.54, 1.807) is 0 Å². The zero-order valence-electron chi connectivity index (χ0n) is 25.6. The number of likely N-dealkylation sites (tertiary alicyclic amines) is 1. The maximum Gasteiger partial charge on any atom is 0.318 e. The molecule has 4 atom stereocenters. The first kappa shape index (κ1) is 31.9. The lowest BCUT2D eigenvalue weighted by Crippen LogP contribution is -2.55. The van der Waals surface area contributed by atoms with Gasteiger partial charge in [0.25, 0.3) is 5.91 Å². The number of allylic oxidation sites excluding steroid dienone is 1. The van der Waals surface area contributed by atoms with Crippen LogP contribution in [0.2, 0.25) is 5.02 Å². The molecule has 234 valence electrons. The van der Waals surface area contributed by atoms with Gasteiger partial charge in [-0.3, -0.25) is 4.79 Å². The summed E-state index contributed by atoms with van der Waals surface area (Å²) in [5.41, 5.74) is 3.80. The number of anilines is 1. The third-order valence-electron chi connectivity index (χ3n) is 9.01. The Morgan fingerprint density at radius 3 is 2.84 bits per heavy atom. The third-order valence-corrected chi connectivity index (χ3v) is 9.34. The van der Waals surface area contributed by atoms with Crippen LogP contribution >= 0.6 is 11.6 Å². The Kier molecular flexibility index (Phi) is 10.2. The van der Waals surface area contributed by atoms with E-state index in [1.165, 1.54) is 4.90 Å². The lowest BCUT2D eigenvalue weighted by atomic mass is 9.87. The number of fused-ring (bicyclic) bond motifs is 1. The number of nitriles is 1. The van der Waals surface area contributed by atoms with Gasteiger partial charge in [0.1, 0.15) is 12.4 Å². The largest absolute Gasteiger partial charge is 0.462 e. The van der Waals surface area contributed by atoms with Crippen LogP contribution in [0.1, 0.15) is 61.4 Å². The average Bonchev–Trinajstić information content (AvgIpc) is 3.43. The zero-order valence-corrected chi connectivity index (χ0v) is 26.4. The molecule has 11 heteroatoms. The van der Waals surface area contributed by atoms with Crippen molar-refractivity contribution >= 4 is 29.4 Å². The second kappa shape index (κ2) is 14.1. The van der Waals surface area contributed by atoms with E-state index in [0.29, 0.717) is 49.0 Å². The number of benzene rings is 1. The summed E-state index contributed by atoms with van der Waals surface area (Å²) in [6.45, 7) is 10.0. The van der Waals surface area contributed by atoms with Crippen LogP contribution in [-0.2, 0) is 22.6 Å². The van der Waals surface area contributed by atoms with Gasteiger partial charge < -0.3 is 24.2 Å². The number of ether oxygens (including phenoxy) is 2. The zero-order chi connectivity index (χ0) is 31.4. The minimum absolute atomic E-state index is 0.0126. The van der Waals surface area contributed by atoms with Crippen molar-refractivity contribution in [2.24, 2.45) is 0 Å². The number of hydrogen-bond acceptors (Lipinski definition) is 8. The Bertz CT molecular complexity index is 1460. The molecule has 0 N–H and O–H groups in total. The normalized spacial score (nSPS) is 23.0. The van der Waals surface area contributed by atoms with Crippen molar-refractivity contribution in [3.8, 4) is 12.1 Å². The topological polar surface area (TPSA) is 94.8 Å². The number of nitrogens with zero attached hydrogens (tertiary/aromatic N) is 6. The first-order chi connectivity index (χ1) is 21.2. The average molecular weight is 623 g/mol. The van der Waals surface area contributed by atoms with Crippen molar-refractivity contribution in [3.63, 3.8) is 0 Å². The molecule has 2 fully saturated rings. The van der Waals surface area contributed by atoms with Crippen LogP contribution in [0.4, 0.5) is 10.2 Å². The molecule has 1 aromatic heterocycles. The molecule has 1 aromatic carbocycles. The van der Waals surface area contributed by atoms with Crippen LogP contribution in [0, 0.1) is 11.3 Å². The Labute approximate surface area is 263 Å². The van der Waals surface area contributed by atoms with Crippen LogP contribution in [0.15, 0.2) is 36.7 Å². The molecule has 0 spiro atoms. The molecule has 0 aliphatic carbocycles. The van der Waals surface area contributed by atoms with Crippen molar-refractivity contribution in [1.29, 1.82) is 5.26 Å². The van der Waals surface area contributed by atoms with E-state index in [1.807, 2.05) is 30.0 Å². The van der Waals surface area contributed by atoms with Crippen molar-refractivity contribution in [3.05, 3.63) is 64.1 Å². The molecule has 3 aliphatic heterocycles. The molecule has 0 radical (unpaired) electrons. The van der Waals surface area contributed by atoms with Crippen LogP contribution in [0.5, 0.6) is 6.01 Å². The number of carbonyl (C=O) groups is 1. The number of halogens is 2. The highest BCUT2D eigenvalue weighted by Gasteiger charge is 2.36. The standard InChI is InChI=1S/C33H40ClFN6O3/c1-5-8-23-9-6-11-27(34)30(23)21(2)29-17-28-26(20-43-29)31(38-33(37-28)44-19-25-10-7-14-39(25)4)40-15-16-41(32(42)22(3)35)24(18-40)12-13-36/h5-6,8-9,11,21,24-25,29H,3,7,10,12,14-20H2,1-2,4H3/b8-5-/t21?,24-,25+,29-/m0/s1. The number of rotatable bonds is 9. The minimum Gasteiger partial charge on any atom is -0.462 e. The number of hydrogen-bond donors (Lipinski definition) is 0. The van der Waals surface area contributed by atoms with Crippen LogP contribution in [-0.4, -0.2) is 83.7 Å². The molecule has 2 aromatic rings. The summed E-state index contributed by atoms with van der Waals surface area (Å²) in [6, 6.07) is 8.13. The Morgan fingerprint density at radius 1 is 1.32 bits per heavy atom. The van der Waals surface area contributed by atoms with Gasteiger partial charge in [0.15, 0.2) is 5.83 Å². The molecule has 0 bridgehead atoms. The second-order valence-electron chi connectivity index (χ2n) is 11.8. The summed E-state index contributed by atoms with van der Waals surface area (Å²) in [7, 11) is 2.10. The molecule has 5 rings (SSSR count). The number of amides is 1. The number of aromatic nitrogens is 2. The second-order valence-corrected chi connectivity index (χ2v) is 12.2. The molecule has 4 heterocycles. The highest BCUT2D eigenvalue weighted by Crippen LogP contribution is 2.38. The van der Waals surface area contributed by atoms with Gasteiger partial charge in [0.2, 0.25) is 0 Å². The molecular weight excluding hydrogens is 583 g/mol. The monoisotopic (exact) mass is 622 g/mol. The predicted molar refractivity (Wildman–Crippen MR) is 168 cm³/mol. The summed E-state index contributed by atoms with van der Waals surface area (Å²) >= 11 is 6.71. The highest BCUT2D eigenvalue weighted by molar-refractivity contribution is 6.31. The van der Waals surface area contributed by atoms with Gasteiger partial charge in [-0.1, -0.05) is 49.4 Å². The molecule has 3 aliphatic rings. The van der Waals surface area contributed by atoms with Gasteiger partial charge in [0, 0.05) is 48.6 Å². The predicted octanol–water partition coefficient (Wildman–Crippen LogP) is 5.30. The number of likely N-dealkylation sites (N-methyl/N-ethyl adjacent to an activating group) is 1. The molecular formula is C33H40ClFN6O3. The maximum absolute atomic E-state index is 13.8. The summed E-state index contributed by atoms with van der Waals surface area (Å²) < 4.78 is 26.5. The van der Waals surface area contributed by atoms with Gasteiger partial charge in [-0.2, -0.15) is 15.2 Å². The lowest BCUT2D eigenvalue weighted by Gasteiger charge is -2.42. The first-order valence-corrected chi connectivity index (χ1v) is 15.6. The fourth-order valence-corrected chi connectivity index (χ4v) is 6.91. The van der Waals surface area contributed by atoms with Gasteiger partial charge in [-0.15, -0.1) is 0 Å². The van der Waals surface area contributed by atoms with E-state index in [4.69, 9.17) is 31.0 Å². The Morgan fingerprint density at radius 2 is 2.14 bits per heavy atom. The van der Waals surface area contributed by atoms with Crippen LogP contribution < -0.4 is 9.64 Å². The molecule has 9 nitrogen and oxygen atoms in total. The quantitative estimate of drug-likeness (QED) is 0.348.